The van der Waals surface area contributed by atoms with Gasteiger partial charge >= 0.3 is 0 Å². The number of rotatable bonds is 9. The van der Waals surface area contributed by atoms with E-state index >= 15 is 0 Å². The van der Waals surface area contributed by atoms with E-state index in [0.717, 1.165) is 19.3 Å². The van der Waals surface area contributed by atoms with Gasteiger partial charge in [0.2, 0.25) is 5.91 Å². The lowest BCUT2D eigenvalue weighted by molar-refractivity contribution is -0.120. The molecule has 0 saturated heterocycles. The van der Waals surface area contributed by atoms with E-state index in [2.05, 4.69) is 22.2 Å². The lowest BCUT2D eigenvalue weighted by atomic mass is 10.1. The maximum absolute atomic E-state index is 11.6. The van der Waals surface area contributed by atoms with Gasteiger partial charge in [-0.2, -0.15) is 0 Å². The van der Waals surface area contributed by atoms with Crippen LogP contribution in [0.2, 0.25) is 0 Å². The van der Waals surface area contributed by atoms with Crippen LogP contribution in [-0.4, -0.2) is 21.8 Å². The predicted molar refractivity (Wildman–Crippen MR) is 77.1 cm³/mol. The lowest BCUT2D eigenvalue weighted by Gasteiger charge is -2.03. The van der Waals surface area contributed by atoms with Gasteiger partial charge in [-0.25, -0.2) is 4.98 Å². The molecular formula is C15H23N3O2. The van der Waals surface area contributed by atoms with Crippen molar-refractivity contribution >= 4 is 11.8 Å². The van der Waals surface area contributed by atoms with E-state index in [0.29, 0.717) is 6.42 Å². The van der Waals surface area contributed by atoms with Crippen molar-refractivity contribution in [3.8, 4) is 0 Å². The summed E-state index contributed by atoms with van der Waals surface area (Å²) in [5, 5.41) is 2.33. The van der Waals surface area contributed by atoms with E-state index < -0.39 is 5.91 Å². The minimum Gasteiger partial charge on any atom is -0.291 e. The molecule has 0 aliphatic carbocycles. The fourth-order valence-corrected chi connectivity index (χ4v) is 1.91. The van der Waals surface area contributed by atoms with E-state index in [-0.39, 0.29) is 11.6 Å². The van der Waals surface area contributed by atoms with Crippen molar-refractivity contribution in [3.63, 3.8) is 0 Å². The molecule has 0 atom stereocenters. The number of imide groups is 1. The number of hydrogen-bond donors (Lipinski definition) is 1. The molecule has 20 heavy (non-hydrogen) atoms. The molecule has 0 aliphatic heterocycles. The minimum atomic E-state index is -0.481. The van der Waals surface area contributed by atoms with Gasteiger partial charge in [0.15, 0.2) is 0 Å². The summed E-state index contributed by atoms with van der Waals surface area (Å²) >= 11 is 0. The number of hydrogen-bond acceptors (Lipinski definition) is 4. The fraction of sp³-hybridized carbons (Fsp3) is 0.600. The molecule has 1 aromatic heterocycles. The van der Waals surface area contributed by atoms with Crippen LogP contribution in [-0.2, 0) is 4.79 Å². The molecule has 1 heterocycles. The van der Waals surface area contributed by atoms with Crippen molar-refractivity contribution in [2.75, 3.05) is 0 Å². The summed E-state index contributed by atoms with van der Waals surface area (Å²) in [4.78, 5) is 30.8. The van der Waals surface area contributed by atoms with Crippen LogP contribution in [0.4, 0.5) is 0 Å². The van der Waals surface area contributed by atoms with Gasteiger partial charge in [0.1, 0.15) is 5.69 Å². The normalized spacial score (nSPS) is 10.2. The third-order valence-corrected chi connectivity index (χ3v) is 3.06. The van der Waals surface area contributed by atoms with Crippen LogP contribution in [0.5, 0.6) is 0 Å². The monoisotopic (exact) mass is 277 g/mol. The number of nitrogens with zero attached hydrogens (tertiary/aromatic N) is 2. The molecule has 0 spiro atoms. The van der Waals surface area contributed by atoms with Crippen LogP contribution in [0.15, 0.2) is 18.6 Å². The quantitative estimate of drug-likeness (QED) is 0.704. The second-order valence-corrected chi connectivity index (χ2v) is 4.84. The molecule has 110 valence electrons. The number of aromatic nitrogens is 2. The molecular weight excluding hydrogens is 254 g/mol. The van der Waals surface area contributed by atoms with Gasteiger partial charge in [-0.3, -0.25) is 19.9 Å². The van der Waals surface area contributed by atoms with Crippen LogP contribution in [0.25, 0.3) is 0 Å². The van der Waals surface area contributed by atoms with E-state index in [4.69, 9.17) is 0 Å². The molecule has 0 aromatic carbocycles. The number of amides is 2. The van der Waals surface area contributed by atoms with Gasteiger partial charge in [-0.15, -0.1) is 0 Å². The third-order valence-electron chi connectivity index (χ3n) is 3.06. The third kappa shape index (κ3) is 6.97. The number of unbranched alkanes of at least 4 members (excludes halogenated alkanes) is 6. The second-order valence-electron chi connectivity index (χ2n) is 4.84. The van der Waals surface area contributed by atoms with Crippen molar-refractivity contribution in [3.05, 3.63) is 24.3 Å². The average molecular weight is 277 g/mol. The molecule has 0 unspecified atom stereocenters. The molecule has 1 rings (SSSR count). The van der Waals surface area contributed by atoms with Gasteiger partial charge in [-0.1, -0.05) is 45.4 Å². The van der Waals surface area contributed by atoms with Gasteiger partial charge < -0.3 is 0 Å². The van der Waals surface area contributed by atoms with E-state index in [9.17, 15) is 9.59 Å². The standard InChI is InChI=1S/C15H23N3O2/c1-2-3-4-5-6-7-8-9-14(19)18-15(20)13-12-16-10-11-17-13/h10-12H,2-9H2,1H3,(H,18,19,20). The van der Waals surface area contributed by atoms with Crippen LogP contribution in [0, 0.1) is 0 Å². The Balaban J connectivity index is 2.10. The maximum Gasteiger partial charge on any atom is 0.278 e. The van der Waals surface area contributed by atoms with Crippen molar-refractivity contribution in [2.45, 2.75) is 58.3 Å². The zero-order chi connectivity index (χ0) is 14.6. The van der Waals surface area contributed by atoms with Crippen LogP contribution >= 0.6 is 0 Å². The molecule has 0 fully saturated rings. The largest absolute Gasteiger partial charge is 0.291 e. The topological polar surface area (TPSA) is 72.0 Å². The van der Waals surface area contributed by atoms with Crippen LogP contribution in [0.3, 0.4) is 0 Å². The van der Waals surface area contributed by atoms with Gasteiger partial charge in [0.25, 0.3) is 5.91 Å². The summed E-state index contributed by atoms with van der Waals surface area (Å²) in [6.45, 7) is 2.19. The molecule has 0 bridgehead atoms. The minimum absolute atomic E-state index is 0.167. The molecule has 1 aromatic rings. The van der Waals surface area contributed by atoms with Crippen molar-refractivity contribution < 1.29 is 9.59 Å². The first-order valence-corrected chi connectivity index (χ1v) is 7.34. The van der Waals surface area contributed by atoms with Gasteiger partial charge in [0.05, 0.1) is 6.20 Å². The fourth-order valence-electron chi connectivity index (χ4n) is 1.91. The van der Waals surface area contributed by atoms with Crippen LogP contribution < -0.4 is 5.32 Å². The van der Waals surface area contributed by atoms with Crippen molar-refractivity contribution in [2.24, 2.45) is 0 Å². The number of carbonyl (C=O) groups excluding carboxylic acids is 2. The zero-order valence-corrected chi connectivity index (χ0v) is 12.1. The Morgan fingerprint density at radius 3 is 2.40 bits per heavy atom. The Morgan fingerprint density at radius 2 is 1.75 bits per heavy atom. The molecule has 2 amide bonds. The van der Waals surface area contributed by atoms with Crippen LogP contribution in [0.1, 0.15) is 68.8 Å². The summed E-state index contributed by atoms with van der Waals surface area (Å²) < 4.78 is 0. The van der Waals surface area contributed by atoms with E-state index in [1.807, 2.05) is 0 Å². The molecule has 0 aliphatic rings. The summed E-state index contributed by atoms with van der Waals surface area (Å²) in [6.07, 6.45) is 12.7. The smallest absolute Gasteiger partial charge is 0.278 e. The Morgan fingerprint density at radius 1 is 1.05 bits per heavy atom. The highest BCUT2D eigenvalue weighted by atomic mass is 16.2. The lowest BCUT2D eigenvalue weighted by Crippen LogP contribution is -2.30. The van der Waals surface area contributed by atoms with Crippen molar-refractivity contribution in [1.29, 1.82) is 0 Å². The predicted octanol–water partition coefficient (Wildman–Crippen LogP) is 2.87. The number of carbonyl (C=O) groups is 2. The van der Waals surface area contributed by atoms with Crippen molar-refractivity contribution in [1.82, 2.24) is 15.3 Å². The second kappa shape index (κ2) is 10.1. The molecule has 5 nitrogen and oxygen atoms in total. The van der Waals surface area contributed by atoms with E-state index in [1.165, 1.54) is 44.3 Å². The first kappa shape index (κ1) is 16.3. The summed E-state index contributed by atoms with van der Waals surface area (Å²) in [5.41, 5.74) is 0.167. The molecule has 0 saturated carbocycles. The number of nitrogens with one attached hydrogen (secondary N) is 1. The highest BCUT2D eigenvalue weighted by molar-refractivity contribution is 6.03. The highest BCUT2D eigenvalue weighted by Gasteiger charge is 2.10. The Bertz CT molecular complexity index is 407. The van der Waals surface area contributed by atoms with Gasteiger partial charge in [-0.05, 0) is 6.42 Å². The first-order valence-electron chi connectivity index (χ1n) is 7.34. The van der Waals surface area contributed by atoms with E-state index in [1.54, 1.807) is 0 Å². The Kier molecular flexibility index (Phi) is 8.19. The Labute approximate surface area is 120 Å². The Hall–Kier alpha value is -1.78. The molecule has 5 heteroatoms. The zero-order valence-electron chi connectivity index (χ0n) is 12.1. The summed E-state index contributed by atoms with van der Waals surface area (Å²) in [6, 6.07) is 0. The SMILES string of the molecule is CCCCCCCCCC(=O)NC(=O)c1cnccn1. The average Bonchev–Trinajstić information content (AvgIpc) is 2.47. The highest BCUT2D eigenvalue weighted by Crippen LogP contribution is 2.08. The summed E-state index contributed by atoms with van der Waals surface area (Å²) in [7, 11) is 0. The molecule has 0 radical (unpaired) electrons. The summed E-state index contributed by atoms with van der Waals surface area (Å²) in [5.74, 6) is -0.722. The first-order chi connectivity index (χ1) is 9.74. The maximum atomic E-state index is 11.6. The van der Waals surface area contributed by atoms with Gasteiger partial charge in [0, 0.05) is 18.8 Å². The molecule has 1 N–H and O–H groups in total.